The largest absolute Gasteiger partial charge is 0.390 e. The Balaban J connectivity index is 0.00000380. The summed E-state index contributed by atoms with van der Waals surface area (Å²) in [6, 6.07) is 13.2. The van der Waals surface area contributed by atoms with Gasteiger partial charge in [-0.25, -0.2) is 0 Å². The lowest BCUT2D eigenvalue weighted by Crippen LogP contribution is -2.57. The van der Waals surface area contributed by atoms with E-state index in [1.54, 1.807) is 0 Å². The molecular weight excluding hydrogens is 492 g/mol. The van der Waals surface area contributed by atoms with Crippen molar-refractivity contribution in [2.75, 3.05) is 19.6 Å². The topological polar surface area (TPSA) is 116 Å². The highest BCUT2D eigenvalue weighted by atomic mass is 35.5. The predicted octanol–water partition coefficient (Wildman–Crippen LogP) is 2.60. The number of hydrogen-bond donors (Lipinski definition) is 3. The smallest absolute Gasteiger partial charge is 0.243 e. The van der Waals surface area contributed by atoms with E-state index in [2.05, 4.69) is 5.32 Å². The van der Waals surface area contributed by atoms with Gasteiger partial charge in [0.15, 0.2) is 0 Å². The zero-order valence-electron chi connectivity index (χ0n) is 21.3. The summed E-state index contributed by atoms with van der Waals surface area (Å²) in [6.45, 7) is 0.630. The maximum atomic E-state index is 13.4. The second kappa shape index (κ2) is 13.7. The molecule has 202 valence electrons. The van der Waals surface area contributed by atoms with E-state index in [-0.39, 0.29) is 43.2 Å². The van der Waals surface area contributed by atoms with Crippen LogP contribution in [0.1, 0.15) is 50.5 Å². The van der Waals surface area contributed by atoms with Crippen molar-refractivity contribution in [3.8, 4) is 0 Å². The Morgan fingerprint density at radius 3 is 2.51 bits per heavy atom. The highest BCUT2D eigenvalue weighted by Gasteiger charge is 2.40. The average Bonchev–Trinajstić information content (AvgIpc) is 3.41. The zero-order valence-corrected chi connectivity index (χ0v) is 22.1. The molecule has 0 aromatic heterocycles. The quantitative estimate of drug-likeness (QED) is 0.408. The van der Waals surface area contributed by atoms with Gasteiger partial charge in [-0.1, -0.05) is 61.7 Å². The molecule has 3 amide bonds. The molecule has 2 aliphatic rings. The third kappa shape index (κ3) is 7.00. The number of carbonyl (C=O) groups is 3. The Morgan fingerprint density at radius 1 is 1.08 bits per heavy atom. The molecule has 37 heavy (non-hydrogen) atoms. The summed E-state index contributed by atoms with van der Waals surface area (Å²) in [6.07, 6.45) is 6.19. The van der Waals surface area contributed by atoms with Gasteiger partial charge in [-0.15, -0.1) is 12.4 Å². The summed E-state index contributed by atoms with van der Waals surface area (Å²) in [4.78, 5) is 42.7. The first-order valence-electron chi connectivity index (χ1n) is 13.2. The van der Waals surface area contributed by atoms with Gasteiger partial charge in [-0.3, -0.25) is 14.4 Å². The molecule has 4 rings (SSSR count). The maximum absolute atomic E-state index is 13.4. The number of carbonyl (C=O) groups excluding carboxylic acids is 3. The Labute approximate surface area is 225 Å². The number of halogens is 1. The molecule has 4 N–H and O–H groups in total. The van der Waals surface area contributed by atoms with Crippen molar-refractivity contribution < 1.29 is 19.5 Å². The summed E-state index contributed by atoms with van der Waals surface area (Å²) in [5.41, 5.74) is 6.43. The molecule has 1 saturated heterocycles. The number of aliphatic hydroxyl groups is 1. The van der Waals surface area contributed by atoms with Gasteiger partial charge in [0.2, 0.25) is 18.2 Å². The number of hydrogen-bond acceptors (Lipinski definition) is 5. The van der Waals surface area contributed by atoms with Crippen LogP contribution in [0.15, 0.2) is 42.5 Å². The first-order valence-corrected chi connectivity index (χ1v) is 13.2. The summed E-state index contributed by atoms with van der Waals surface area (Å²) in [5, 5.41) is 14.8. The summed E-state index contributed by atoms with van der Waals surface area (Å²) in [7, 11) is 0. The molecular formula is C28H39ClN4O4. The van der Waals surface area contributed by atoms with Gasteiger partial charge in [-0.2, -0.15) is 0 Å². The number of nitrogens with zero attached hydrogens (tertiary/aromatic N) is 2. The maximum Gasteiger partial charge on any atom is 0.243 e. The molecule has 8 nitrogen and oxygen atoms in total. The molecule has 0 spiro atoms. The highest BCUT2D eigenvalue weighted by Crippen LogP contribution is 2.31. The van der Waals surface area contributed by atoms with Crippen LogP contribution in [0.5, 0.6) is 0 Å². The summed E-state index contributed by atoms with van der Waals surface area (Å²) in [5.74, 6) is -0.257. The Bertz CT molecular complexity index is 1060. The van der Waals surface area contributed by atoms with E-state index < -0.39 is 18.3 Å². The monoisotopic (exact) mass is 530 g/mol. The van der Waals surface area contributed by atoms with Crippen molar-refractivity contribution in [1.29, 1.82) is 0 Å². The average molecular weight is 531 g/mol. The fourth-order valence-corrected chi connectivity index (χ4v) is 5.59. The Morgan fingerprint density at radius 2 is 1.81 bits per heavy atom. The fraction of sp³-hybridized carbons (Fsp3) is 0.536. The van der Waals surface area contributed by atoms with Gasteiger partial charge in [0.25, 0.3) is 0 Å². The van der Waals surface area contributed by atoms with Gasteiger partial charge >= 0.3 is 0 Å². The SMILES string of the molecule is Cl.NCC(O)CNC(=O)[C@@H](Cc1ccc2ccccc2c1)N(C=O)C1CCCN1C(=O)C1CCCCC1. The third-order valence-electron chi connectivity index (χ3n) is 7.61. The van der Waals surface area contributed by atoms with Gasteiger partial charge < -0.3 is 26.0 Å². The molecule has 3 atom stereocenters. The van der Waals surface area contributed by atoms with Gasteiger partial charge in [0.05, 0.1) is 6.10 Å². The van der Waals surface area contributed by atoms with E-state index >= 15 is 0 Å². The molecule has 0 radical (unpaired) electrons. The molecule has 2 fully saturated rings. The molecule has 2 unspecified atom stereocenters. The van der Waals surface area contributed by atoms with Gasteiger partial charge in [0, 0.05) is 32.0 Å². The van der Waals surface area contributed by atoms with Crippen molar-refractivity contribution in [1.82, 2.24) is 15.1 Å². The van der Waals surface area contributed by atoms with Crippen LogP contribution < -0.4 is 11.1 Å². The van der Waals surface area contributed by atoms with Crippen molar-refractivity contribution in [2.45, 2.75) is 69.7 Å². The lowest BCUT2D eigenvalue weighted by molar-refractivity contribution is -0.148. The lowest BCUT2D eigenvalue weighted by Gasteiger charge is -2.39. The van der Waals surface area contributed by atoms with E-state index in [4.69, 9.17) is 5.73 Å². The normalized spacial score (nSPS) is 19.6. The van der Waals surface area contributed by atoms with E-state index in [0.29, 0.717) is 25.8 Å². The summed E-state index contributed by atoms with van der Waals surface area (Å²) < 4.78 is 0. The molecule has 1 aliphatic heterocycles. The van der Waals surface area contributed by atoms with Gasteiger partial charge in [0.1, 0.15) is 12.2 Å². The molecule has 2 aromatic carbocycles. The van der Waals surface area contributed by atoms with Crippen LogP contribution in [-0.2, 0) is 20.8 Å². The van der Waals surface area contributed by atoms with E-state index in [0.717, 1.165) is 54.9 Å². The number of likely N-dealkylation sites (tertiary alicyclic amines) is 1. The minimum atomic E-state index is -0.865. The molecule has 2 aromatic rings. The first-order chi connectivity index (χ1) is 17.5. The van der Waals surface area contributed by atoms with Crippen molar-refractivity contribution >= 4 is 41.4 Å². The lowest BCUT2D eigenvalue weighted by atomic mass is 9.88. The second-order valence-corrected chi connectivity index (χ2v) is 10.1. The molecule has 1 saturated carbocycles. The predicted molar refractivity (Wildman–Crippen MR) is 146 cm³/mol. The highest BCUT2D eigenvalue weighted by molar-refractivity contribution is 5.86. The Kier molecular flexibility index (Phi) is 10.7. The first kappa shape index (κ1) is 28.9. The van der Waals surface area contributed by atoms with Crippen LogP contribution in [0.25, 0.3) is 10.8 Å². The number of amides is 3. The van der Waals surface area contributed by atoms with E-state index in [1.165, 1.54) is 4.90 Å². The van der Waals surface area contributed by atoms with Crippen LogP contribution >= 0.6 is 12.4 Å². The molecule has 9 heteroatoms. The van der Waals surface area contributed by atoms with Crippen LogP contribution in [0.2, 0.25) is 0 Å². The van der Waals surface area contributed by atoms with Crippen LogP contribution in [0, 0.1) is 5.92 Å². The van der Waals surface area contributed by atoms with Crippen LogP contribution in [0.4, 0.5) is 0 Å². The molecule has 0 bridgehead atoms. The minimum absolute atomic E-state index is 0. The number of aliphatic hydroxyl groups excluding tert-OH is 1. The third-order valence-corrected chi connectivity index (χ3v) is 7.61. The number of fused-ring (bicyclic) bond motifs is 1. The zero-order chi connectivity index (χ0) is 25.5. The summed E-state index contributed by atoms with van der Waals surface area (Å²) >= 11 is 0. The number of rotatable bonds is 10. The second-order valence-electron chi connectivity index (χ2n) is 10.1. The number of nitrogens with two attached hydrogens (primary N) is 1. The van der Waals surface area contributed by atoms with E-state index in [9.17, 15) is 19.5 Å². The van der Waals surface area contributed by atoms with Crippen LogP contribution in [0.3, 0.4) is 0 Å². The fourth-order valence-electron chi connectivity index (χ4n) is 5.59. The molecule has 1 heterocycles. The van der Waals surface area contributed by atoms with E-state index in [1.807, 2.05) is 47.4 Å². The minimum Gasteiger partial charge on any atom is -0.390 e. The Hall–Kier alpha value is -2.68. The van der Waals surface area contributed by atoms with Gasteiger partial charge in [-0.05, 0) is 42.0 Å². The molecule has 1 aliphatic carbocycles. The number of benzene rings is 2. The van der Waals surface area contributed by atoms with Crippen molar-refractivity contribution in [3.05, 3.63) is 48.0 Å². The standard InChI is InChI=1S/C28H38N4O4.ClH/c29-17-24(34)18-30-27(35)25(16-20-12-13-21-7-4-5-10-23(21)15-20)32(19-33)26-11-6-14-31(26)28(36)22-8-2-1-3-9-22;/h4-5,7,10,12-13,15,19,22,24-26,34H,1-3,6,8-9,11,14,16-18,29H2,(H,30,35);1H/t24?,25-,26?;/m1./s1. The van der Waals surface area contributed by atoms with Crippen molar-refractivity contribution in [2.24, 2.45) is 11.7 Å². The van der Waals surface area contributed by atoms with Crippen LogP contribution in [-0.4, -0.2) is 71.1 Å². The number of nitrogens with one attached hydrogen (secondary N) is 1. The van der Waals surface area contributed by atoms with Crippen molar-refractivity contribution in [3.63, 3.8) is 0 Å².